The van der Waals surface area contributed by atoms with Gasteiger partial charge in [-0.1, -0.05) is 26.0 Å². The minimum absolute atomic E-state index is 0.132. The van der Waals surface area contributed by atoms with Crippen LogP contribution in [0.25, 0.3) is 0 Å². The molecule has 1 aromatic carbocycles. The number of piperidine rings is 1. The SMILES string of the molecule is CC(C)CN1CCN(C(=O)C2CCN(S(=O)(=O)c3ccccc3F)CC2)CC1. The summed E-state index contributed by atoms with van der Waals surface area (Å²) in [6, 6.07) is 5.44. The van der Waals surface area contributed by atoms with Crippen molar-refractivity contribution in [2.75, 3.05) is 45.8 Å². The largest absolute Gasteiger partial charge is 0.340 e. The van der Waals surface area contributed by atoms with Gasteiger partial charge in [-0.05, 0) is 30.9 Å². The van der Waals surface area contributed by atoms with Crippen LogP contribution in [0.5, 0.6) is 0 Å². The van der Waals surface area contributed by atoms with Crippen LogP contribution in [0, 0.1) is 17.7 Å². The van der Waals surface area contributed by atoms with E-state index in [0.29, 0.717) is 18.8 Å². The Morgan fingerprint density at radius 1 is 1.07 bits per heavy atom. The molecule has 2 fully saturated rings. The van der Waals surface area contributed by atoms with Crippen LogP contribution in [-0.4, -0.2) is 74.2 Å². The van der Waals surface area contributed by atoms with Crippen molar-refractivity contribution in [2.24, 2.45) is 11.8 Å². The van der Waals surface area contributed by atoms with Gasteiger partial charge in [0.25, 0.3) is 0 Å². The predicted molar refractivity (Wildman–Crippen MR) is 106 cm³/mol. The molecule has 1 aromatic rings. The Bertz CT molecular complexity index is 784. The number of rotatable bonds is 5. The van der Waals surface area contributed by atoms with Crippen LogP contribution in [-0.2, 0) is 14.8 Å². The standard InChI is InChI=1S/C20H30FN3O3S/c1-16(2)15-22-11-13-23(14-12-22)20(25)17-7-9-24(10-8-17)28(26,27)19-6-4-3-5-18(19)21/h3-6,16-17H,7-15H2,1-2H3. The fourth-order valence-corrected chi connectivity index (χ4v) is 5.60. The number of benzene rings is 1. The number of piperazine rings is 1. The molecule has 28 heavy (non-hydrogen) atoms. The smallest absolute Gasteiger partial charge is 0.245 e. The predicted octanol–water partition coefficient (Wildman–Crippen LogP) is 2.03. The van der Waals surface area contributed by atoms with E-state index in [9.17, 15) is 17.6 Å². The Hall–Kier alpha value is -1.51. The van der Waals surface area contributed by atoms with E-state index in [-0.39, 0.29) is 29.8 Å². The topological polar surface area (TPSA) is 60.9 Å². The molecule has 0 atom stereocenters. The van der Waals surface area contributed by atoms with Gasteiger partial charge in [0.1, 0.15) is 10.7 Å². The molecule has 2 saturated heterocycles. The molecule has 6 nitrogen and oxygen atoms in total. The molecule has 8 heteroatoms. The van der Waals surface area contributed by atoms with E-state index in [0.717, 1.165) is 38.8 Å². The second kappa shape index (κ2) is 8.88. The Morgan fingerprint density at radius 3 is 2.25 bits per heavy atom. The molecule has 2 aliphatic heterocycles. The molecule has 0 spiro atoms. The molecule has 0 unspecified atom stereocenters. The van der Waals surface area contributed by atoms with Gasteiger partial charge >= 0.3 is 0 Å². The van der Waals surface area contributed by atoms with Gasteiger partial charge in [-0.15, -0.1) is 0 Å². The number of sulfonamides is 1. The summed E-state index contributed by atoms with van der Waals surface area (Å²) in [7, 11) is -3.86. The number of nitrogens with zero attached hydrogens (tertiary/aromatic N) is 3. The molecule has 0 radical (unpaired) electrons. The molecular formula is C20H30FN3O3S. The molecule has 0 aromatic heterocycles. The summed E-state index contributed by atoms with van der Waals surface area (Å²) in [6.45, 7) is 9.20. The van der Waals surface area contributed by atoms with Crippen molar-refractivity contribution >= 4 is 15.9 Å². The minimum Gasteiger partial charge on any atom is -0.340 e. The van der Waals surface area contributed by atoms with E-state index in [4.69, 9.17) is 0 Å². The van der Waals surface area contributed by atoms with Gasteiger partial charge in [-0.2, -0.15) is 4.31 Å². The maximum Gasteiger partial charge on any atom is 0.245 e. The number of carbonyl (C=O) groups excluding carboxylic acids is 1. The number of amides is 1. The Balaban J connectivity index is 1.54. The maximum atomic E-state index is 13.9. The van der Waals surface area contributed by atoms with E-state index < -0.39 is 15.8 Å². The van der Waals surface area contributed by atoms with Crippen molar-refractivity contribution in [3.8, 4) is 0 Å². The second-order valence-corrected chi connectivity index (χ2v) is 10.0. The summed E-state index contributed by atoms with van der Waals surface area (Å²) >= 11 is 0. The van der Waals surface area contributed by atoms with Gasteiger partial charge in [0.15, 0.2) is 0 Å². The van der Waals surface area contributed by atoms with Gasteiger partial charge < -0.3 is 4.90 Å². The van der Waals surface area contributed by atoms with Crippen molar-refractivity contribution in [1.82, 2.24) is 14.1 Å². The maximum absolute atomic E-state index is 13.9. The van der Waals surface area contributed by atoms with Gasteiger partial charge in [0, 0.05) is 51.7 Å². The summed E-state index contributed by atoms with van der Waals surface area (Å²) < 4.78 is 40.6. The highest BCUT2D eigenvalue weighted by Crippen LogP contribution is 2.26. The summed E-state index contributed by atoms with van der Waals surface area (Å²) in [5.74, 6) is -0.140. The highest BCUT2D eigenvalue weighted by Gasteiger charge is 2.35. The summed E-state index contributed by atoms with van der Waals surface area (Å²) in [5.41, 5.74) is 0. The van der Waals surface area contributed by atoms with Crippen LogP contribution < -0.4 is 0 Å². The van der Waals surface area contributed by atoms with E-state index in [1.165, 1.54) is 22.5 Å². The second-order valence-electron chi connectivity index (χ2n) is 8.13. The molecule has 2 aliphatic rings. The molecule has 2 heterocycles. The third-order valence-electron chi connectivity index (χ3n) is 5.56. The normalized spacial score (nSPS) is 20.6. The number of halogens is 1. The third kappa shape index (κ3) is 4.72. The molecule has 0 aliphatic carbocycles. The lowest BCUT2D eigenvalue weighted by Crippen LogP contribution is -2.52. The van der Waals surface area contributed by atoms with Crippen LogP contribution in [0.2, 0.25) is 0 Å². The van der Waals surface area contributed by atoms with Crippen molar-refractivity contribution in [1.29, 1.82) is 0 Å². The Morgan fingerprint density at radius 2 is 1.68 bits per heavy atom. The van der Waals surface area contributed by atoms with Crippen LogP contribution in [0.4, 0.5) is 4.39 Å². The first-order valence-corrected chi connectivity index (χ1v) is 11.5. The van der Waals surface area contributed by atoms with Crippen molar-refractivity contribution in [3.63, 3.8) is 0 Å². The average Bonchev–Trinajstić information content (AvgIpc) is 2.68. The van der Waals surface area contributed by atoms with E-state index in [1.54, 1.807) is 0 Å². The van der Waals surface area contributed by atoms with Crippen molar-refractivity contribution < 1.29 is 17.6 Å². The van der Waals surface area contributed by atoms with Gasteiger partial charge in [-0.25, -0.2) is 12.8 Å². The van der Waals surface area contributed by atoms with Gasteiger partial charge in [0.2, 0.25) is 15.9 Å². The average molecular weight is 412 g/mol. The number of carbonyl (C=O) groups is 1. The van der Waals surface area contributed by atoms with Gasteiger partial charge in [0.05, 0.1) is 0 Å². The van der Waals surface area contributed by atoms with E-state index in [2.05, 4.69) is 18.7 Å². The monoisotopic (exact) mass is 411 g/mol. The highest BCUT2D eigenvalue weighted by atomic mass is 32.2. The van der Waals surface area contributed by atoms with Crippen LogP contribution in [0.15, 0.2) is 29.2 Å². The summed E-state index contributed by atoms with van der Waals surface area (Å²) in [5, 5.41) is 0. The summed E-state index contributed by atoms with van der Waals surface area (Å²) in [4.78, 5) is 16.9. The first-order valence-electron chi connectivity index (χ1n) is 10.0. The Labute approximate surface area is 167 Å². The van der Waals surface area contributed by atoms with Crippen LogP contribution in [0.1, 0.15) is 26.7 Å². The zero-order chi connectivity index (χ0) is 20.3. The lowest BCUT2D eigenvalue weighted by Gasteiger charge is -2.38. The van der Waals surface area contributed by atoms with Crippen molar-refractivity contribution in [2.45, 2.75) is 31.6 Å². The molecular weight excluding hydrogens is 381 g/mol. The zero-order valence-electron chi connectivity index (χ0n) is 16.7. The first kappa shape index (κ1) is 21.2. The fraction of sp³-hybridized carbons (Fsp3) is 0.650. The van der Waals surface area contributed by atoms with Crippen LogP contribution >= 0.6 is 0 Å². The van der Waals surface area contributed by atoms with Crippen molar-refractivity contribution in [3.05, 3.63) is 30.1 Å². The fourth-order valence-electron chi connectivity index (χ4n) is 4.06. The molecule has 156 valence electrons. The van der Waals surface area contributed by atoms with E-state index in [1.807, 2.05) is 4.90 Å². The lowest BCUT2D eigenvalue weighted by molar-refractivity contribution is -0.138. The number of hydrogen-bond donors (Lipinski definition) is 0. The number of hydrogen-bond acceptors (Lipinski definition) is 4. The Kier molecular flexibility index (Phi) is 6.73. The third-order valence-corrected chi connectivity index (χ3v) is 7.50. The molecule has 3 rings (SSSR count). The molecule has 0 N–H and O–H groups in total. The lowest BCUT2D eigenvalue weighted by atomic mass is 9.96. The minimum atomic E-state index is -3.86. The molecule has 0 saturated carbocycles. The quantitative estimate of drug-likeness (QED) is 0.744. The summed E-state index contributed by atoms with van der Waals surface area (Å²) in [6.07, 6.45) is 0.970. The van der Waals surface area contributed by atoms with Gasteiger partial charge in [-0.3, -0.25) is 9.69 Å². The highest BCUT2D eigenvalue weighted by molar-refractivity contribution is 7.89. The zero-order valence-corrected chi connectivity index (χ0v) is 17.5. The van der Waals surface area contributed by atoms with E-state index >= 15 is 0 Å². The van der Waals surface area contributed by atoms with Crippen LogP contribution in [0.3, 0.4) is 0 Å². The first-order chi connectivity index (χ1) is 13.3. The molecule has 0 bridgehead atoms. The molecule has 1 amide bonds.